The molecular weight excluding hydrogens is 465 g/mol. The van der Waals surface area contributed by atoms with E-state index >= 15 is 0 Å². The van der Waals surface area contributed by atoms with Crippen LogP contribution in [-0.2, 0) is 16.4 Å². The zero-order valence-electron chi connectivity index (χ0n) is 18.4. The van der Waals surface area contributed by atoms with Crippen LogP contribution >= 0.6 is 0 Å². The van der Waals surface area contributed by atoms with E-state index in [1.165, 1.54) is 0 Å². The second-order valence-electron chi connectivity index (χ2n) is 8.28. The van der Waals surface area contributed by atoms with Gasteiger partial charge in [0.25, 0.3) is 21.3 Å². The van der Waals surface area contributed by atoms with Crippen molar-refractivity contribution in [1.29, 1.82) is 0 Å². The standard InChI is InChI=1S/C20H25F3N4O5S/c1-11(2)9-26(15-16(24)27(10-12(3)4)19(30)25-17(15)28)18(29)13-5-7-14(8-6-13)33(31,32)20(21,22)23/h5-8,11-12H,9-10,24H2,1-4H3,(H,25,28,30). The number of carbonyl (C=O) groups excluding carboxylic acids is 1. The Hall–Kier alpha value is -3.09. The van der Waals surface area contributed by atoms with Gasteiger partial charge >= 0.3 is 11.2 Å². The molecule has 2 aromatic rings. The van der Waals surface area contributed by atoms with Crippen LogP contribution in [0.25, 0.3) is 0 Å². The maximum Gasteiger partial charge on any atom is 0.501 e. The topological polar surface area (TPSA) is 135 Å². The number of halogens is 3. The van der Waals surface area contributed by atoms with E-state index in [0.29, 0.717) is 12.1 Å². The average molecular weight is 491 g/mol. The summed E-state index contributed by atoms with van der Waals surface area (Å²) in [5.41, 5.74) is -1.48. The van der Waals surface area contributed by atoms with E-state index in [0.717, 1.165) is 21.6 Å². The second-order valence-corrected chi connectivity index (χ2v) is 10.2. The molecule has 2 rings (SSSR count). The summed E-state index contributed by atoms with van der Waals surface area (Å²) in [5, 5.41) is 0. The Labute approximate surface area is 187 Å². The Morgan fingerprint density at radius 3 is 2.09 bits per heavy atom. The van der Waals surface area contributed by atoms with Crippen molar-refractivity contribution in [3.8, 4) is 0 Å². The normalized spacial score (nSPS) is 12.4. The first kappa shape index (κ1) is 26.2. The fraction of sp³-hybridized carbons (Fsp3) is 0.450. The number of nitrogen functional groups attached to an aromatic ring is 1. The van der Waals surface area contributed by atoms with E-state index in [2.05, 4.69) is 4.98 Å². The lowest BCUT2D eigenvalue weighted by molar-refractivity contribution is -0.0436. The molecule has 1 heterocycles. The summed E-state index contributed by atoms with van der Waals surface area (Å²) in [6, 6.07) is 3.17. The molecular formula is C20H25F3N4O5S. The number of H-pyrrole nitrogens is 1. The van der Waals surface area contributed by atoms with Gasteiger partial charge in [0.15, 0.2) is 5.69 Å². The van der Waals surface area contributed by atoms with Gasteiger partial charge in [0, 0.05) is 18.7 Å². The smallest absolute Gasteiger partial charge is 0.383 e. The minimum absolute atomic E-state index is 0.00536. The number of sulfone groups is 1. The van der Waals surface area contributed by atoms with E-state index in [1.54, 1.807) is 13.8 Å². The zero-order valence-corrected chi connectivity index (χ0v) is 19.2. The number of rotatable bonds is 7. The lowest BCUT2D eigenvalue weighted by Gasteiger charge is -2.26. The van der Waals surface area contributed by atoms with Crippen LogP contribution < -0.4 is 21.9 Å². The summed E-state index contributed by atoms with van der Waals surface area (Å²) >= 11 is 0. The van der Waals surface area contributed by atoms with Gasteiger partial charge in [-0.25, -0.2) is 13.2 Å². The highest BCUT2D eigenvalue weighted by Crippen LogP contribution is 2.30. The number of nitrogens with two attached hydrogens (primary N) is 1. The van der Waals surface area contributed by atoms with E-state index in [9.17, 15) is 36.0 Å². The molecule has 1 aromatic heterocycles. The van der Waals surface area contributed by atoms with Gasteiger partial charge in [0.2, 0.25) is 0 Å². The molecule has 0 aliphatic rings. The third-order valence-corrected chi connectivity index (χ3v) is 6.04. The minimum Gasteiger partial charge on any atom is -0.383 e. The van der Waals surface area contributed by atoms with Crippen molar-refractivity contribution in [1.82, 2.24) is 9.55 Å². The molecule has 0 fully saturated rings. The van der Waals surface area contributed by atoms with E-state index in [1.807, 2.05) is 13.8 Å². The average Bonchev–Trinajstić information content (AvgIpc) is 2.68. The Morgan fingerprint density at radius 1 is 1.09 bits per heavy atom. The quantitative estimate of drug-likeness (QED) is 0.612. The van der Waals surface area contributed by atoms with Crippen molar-refractivity contribution in [2.75, 3.05) is 17.2 Å². The molecule has 9 nitrogen and oxygen atoms in total. The van der Waals surface area contributed by atoms with Crippen LogP contribution in [0.3, 0.4) is 0 Å². The van der Waals surface area contributed by atoms with Gasteiger partial charge < -0.3 is 10.6 Å². The molecule has 13 heteroatoms. The van der Waals surface area contributed by atoms with Crippen LogP contribution in [0.1, 0.15) is 38.1 Å². The zero-order chi connectivity index (χ0) is 25.3. The van der Waals surface area contributed by atoms with Crippen LogP contribution in [0, 0.1) is 11.8 Å². The van der Waals surface area contributed by atoms with Gasteiger partial charge in [-0.1, -0.05) is 27.7 Å². The number of nitrogens with zero attached hydrogens (tertiary/aromatic N) is 2. The molecule has 0 atom stereocenters. The van der Waals surface area contributed by atoms with Crippen molar-refractivity contribution >= 4 is 27.2 Å². The van der Waals surface area contributed by atoms with Gasteiger partial charge in [-0.3, -0.25) is 19.1 Å². The minimum atomic E-state index is -5.58. The number of alkyl halides is 3. The molecule has 3 N–H and O–H groups in total. The number of benzene rings is 1. The Balaban J connectivity index is 2.60. The van der Waals surface area contributed by atoms with Crippen LogP contribution in [0.2, 0.25) is 0 Å². The fourth-order valence-electron chi connectivity index (χ4n) is 3.09. The summed E-state index contributed by atoms with van der Waals surface area (Å²) < 4.78 is 62.6. The summed E-state index contributed by atoms with van der Waals surface area (Å²) in [5.74, 6) is -1.21. The monoisotopic (exact) mass is 490 g/mol. The number of anilines is 2. The van der Waals surface area contributed by atoms with Gasteiger partial charge in [-0.05, 0) is 36.1 Å². The van der Waals surface area contributed by atoms with Gasteiger partial charge in [0.05, 0.1) is 4.90 Å². The molecule has 0 aliphatic heterocycles. The van der Waals surface area contributed by atoms with Crippen molar-refractivity contribution in [2.45, 2.75) is 44.6 Å². The van der Waals surface area contributed by atoms with Gasteiger partial charge in [-0.2, -0.15) is 13.2 Å². The molecule has 1 aromatic carbocycles. The van der Waals surface area contributed by atoms with Crippen molar-refractivity contribution < 1.29 is 26.4 Å². The molecule has 0 aliphatic carbocycles. The summed E-state index contributed by atoms with van der Waals surface area (Å²) in [4.78, 5) is 40.2. The summed E-state index contributed by atoms with van der Waals surface area (Å²) in [7, 11) is -5.58. The van der Waals surface area contributed by atoms with Gasteiger partial charge in [-0.15, -0.1) is 0 Å². The first-order valence-electron chi connectivity index (χ1n) is 9.93. The predicted molar refractivity (Wildman–Crippen MR) is 117 cm³/mol. The second kappa shape index (κ2) is 9.41. The maximum atomic E-state index is 13.2. The number of carbonyl (C=O) groups is 1. The number of hydrogen-bond donors (Lipinski definition) is 2. The van der Waals surface area contributed by atoms with E-state index < -0.39 is 37.4 Å². The third kappa shape index (κ3) is 5.46. The maximum absolute atomic E-state index is 13.2. The summed E-state index contributed by atoms with van der Waals surface area (Å²) in [6.07, 6.45) is 0. The largest absolute Gasteiger partial charge is 0.501 e. The lowest BCUT2D eigenvalue weighted by Crippen LogP contribution is -2.43. The van der Waals surface area contributed by atoms with Crippen LogP contribution in [-0.4, -0.2) is 35.9 Å². The molecule has 0 bridgehead atoms. The molecule has 0 saturated heterocycles. The SMILES string of the molecule is CC(C)CN(C(=O)c1ccc(S(=O)(=O)C(F)(F)F)cc1)c1c(N)n(CC(C)C)c(=O)[nH]c1=O. The highest BCUT2D eigenvalue weighted by Gasteiger charge is 2.46. The highest BCUT2D eigenvalue weighted by atomic mass is 32.2. The summed E-state index contributed by atoms with van der Waals surface area (Å²) in [6.45, 7) is 7.33. The Kier molecular flexibility index (Phi) is 7.46. The lowest BCUT2D eigenvalue weighted by atomic mass is 10.1. The fourth-order valence-corrected chi connectivity index (χ4v) is 3.85. The molecule has 1 amide bonds. The number of hydrogen-bond acceptors (Lipinski definition) is 6. The first-order valence-corrected chi connectivity index (χ1v) is 11.4. The molecule has 0 unspecified atom stereocenters. The first-order chi connectivity index (χ1) is 15.1. The molecule has 182 valence electrons. The third-order valence-electron chi connectivity index (χ3n) is 4.54. The molecule has 0 radical (unpaired) electrons. The number of nitrogens with one attached hydrogen (secondary N) is 1. The number of amides is 1. The molecule has 0 saturated carbocycles. The number of aromatic amines is 1. The van der Waals surface area contributed by atoms with E-state index in [-0.39, 0.29) is 42.0 Å². The highest BCUT2D eigenvalue weighted by molar-refractivity contribution is 7.92. The molecule has 0 spiro atoms. The van der Waals surface area contributed by atoms with Crippen molar-refractivity contribution in [3.63, 3.8) is 0 Å². The van der Waals surface area contributed by atoms with Crippen LogP contribution in [0.4, 0.5) is 24.7 Å². The predicted octanol–water partition coefficient (Wildman–Crippen LogP) is 2.37. The van der Waals surface area contributed by atoms with Crippen molar-refractivity contribution in [2.24, 2.45) is 11.8 Å². The number of aromatic nitrogens is 2. The molecule has 33 heavy (non-hydrogen) atoms. The van der Waals surface area contributed by atoms with E-state index in [4.69, 9.17) is 5.73 Å². The van der Waals surface area contributed by atoms with Crippen molar-refractivity contribution in [3.05, 3.63) is 50.7 Å². The Morgan fingerprint density at radius 2 is 1.64 bits per heavy atom. The van der Waals surface area contributed by atoms with Crippen LogP contribution in [0.15, 0.2) is 38.8 Å². The van der Waals surface area contributed by atoms with Crippen LogP contribution in [0.5, 0.6) is 0 Å². The Bertz CT molecular complexity index is 1250. The van der Waals surface area contributed by atoms with Gasteiger partial charge in [0.1, 0.15) is 5.82 Å².